The number of hydrogen-bond donors (Lipinski definition) is 3. The molecular weight excluding hydrogens is 925 g/mol. The second-order valence-electron chi connectivity index (χ2n) is 20.2. The number of rotatable bonds is 13. The van der Waals surface area contributed by atoms with Crippen molar-refractivity contribution in [1.29, 1.82) is 0 Å². The van der Waals surface area contributed by atoms with Crippen molar-refractivity contribution in [2.24, 2.45) is 18.9 Å². The maximum Gasteiger partial charge on any atom is 0.355 e. The van der Waals surface area contributed by atoms with E-state index in [1.807, 2.05) is 85.4 Å². The first-order valence-electron chi connectivity index (χ1n) is 25.6. The molecule has 7 aromatic rings. The van der Waals surface area contributed by atoms with Gasteiger partial charge in [0.2, 0.25) is 11.8 Å². The summed E-state index contributed by atoms with van der Waals surface area (Å²) in [6.45, 7) is 5.05. The number of carbonyl (C=O) groups excluding carboxylic acids is 3. The van der Waals surface area contributed by atoms with Crippen LogP contribution in [0.15, 0.2) is 91.0 Å². The number of thiazole rings is 1. The molecule has 6 heterocycles. The number of piperidine rings is 2. The standard InChI is InChI=1S/C57H60N8O6S/c1-34-39(40-23-25-49(59-52(40)56(69)70)65-32-29-37-11-6-13-41(44(37)33-65)54(67)61-57-58-45-15-3-4-18-48(45)72-57)12-8-17-47(34)71-38-21-19-35(20-22-38)9-5-10-36-27-30-64(31-28-36)46-16-7-14-42-51(62-63(2)53(42)46)43-24-26-50(66)60-55(43)68/h3-4,6-8,11-18,23,25,35-36,38,43H,5,9-10,19-22,24,26-33H2,1-2H3,(H,69,70)(H,58,61,67)(H,60,66,68)/t35-,38-,43?. The molecule has 1 atom stereocenters. The van der Waals surface area contributed by atoms with Crippen molar-refractivity contribution in [2.45, 2.75) is 103 Å². The average Bonchev–Trinajstić information content (AvgIpc) is 3.96. The van der Waals surface area contributed by atoms with E-state index >= 15 is 0 Å². The van der Waals surface area contributed by atoms with E-state index in [9.17, 15) is 24.3 Å². The minimum atomic E-state index is -1.10. The van der Waals surface area contributed by atoms with Crippen LogP contribution in [0.1, 0.15) is 120 Å². The zero-order valence-electron chi connectivity index (χ0n) is 40.9. The first-order valence-corrected chi connectivity index (χ1v) is 26.4. The summed E-state index contributed by atoms with van der Waals surface area (Å²) in [6.07, 6.45) is 11.9. The van der Waals surface area contributed by atoms with Gasteiger partial charge in [0, 0.05) is 56.2 Å². The van der Waals surface area contributed by atoms with Crippen molar-refractivity contribution in [3.8, 4) is 16.9 Å². The summed E-state index contributed by atoms with van der Waals surface area (Å²) in [5, 5.41) is 22.4. The normalized spacial score (nSPS) is 19.6. The summed E-state index contributed by atoms with van der Waals surface area (Å²) < 4.78 is 9.61. The minimum Gasteiger partial charge on any atom is -0.490 e. The molecular formula is C57H60N8O6S. The number of anilines is 3. The molecule has 370 valence electrons. The molecule has 3 fully saturated rings. The van der Waals surface area contributed by atoms with Crippen molar-refractivity contribution in [3.05, 3.63) is 125 Å². The lowest BCUT2D eigenvalue weighted by Gasteiger charge is -2.34. The Hall–Kier alpha value is -7.13. The number of hydrogen-bond acceptors (Lipinski definition) is 11. The summed E-state index contributed by atoms with van der Waals surface area (Å²) in [5.74, 6) is 0.531. The van der Waals surface area contributed by atoms with Gasteiger partial charge in [0.25, 0.3) is 5.91 Å². The number of fused-ring (bicyclic) bond motifs is 3. The Labute approximate surface area is 422 Å². The predicted octanol–water partition coefficient (Wildman–Crippen LogP) is 10.6. The van der Waals surface area contributed by atoms with Gasteiger partial charge in [-0.1, -0.05) is 79.1 Å². The predicted molar refractivity (Wildman–Crippen MR) is 281 cm³/mol. The second kappa shape index (κ2) is 20.2. The SMILES string of the molecule is Cc1c(O[C@H]2CC[C@H](CCCC3CCN(c4cccc5c(C6CCC(=O)NC6=O)nn(C)c45)CC3)CC2)cccc1-c1ccc(N2CCc3cccc(C(=O)Nc4nc5ccccc5s4)c3C2)nc1C(=O)O. The number of imide groups is 1. The summed E-state index contributed by atoms with van der Waals surface area (Å²) in [6, 6.07) is 29.5. The van der Waals surface area contributed by atoms with Crippen molar-refractivity contribution in [2.75, 3.05) is 34.8 Å². The number of nitrogens with one attached hydrogen (secondary N) is 2. The van der Waals surface area contributed by atoms with Crippen LogP contribution < -0.4 is 25.2 Å². The molecule has 14 nitrogen and oxygen atoms in total. The van der Waals surface area contributed by atoms with Gasteiger partial charge in [0.1, 0.15) is 11.6 Å². The second-order valence-corrected chi connectivity index (χ2v) is 21.2. The Morgan fingerprint density at radius 1 is 0.806 bits per heavy atom. The van der Waals surface area contributed by atoms with Gasteiger partial charge in [-0.25, -0.2) is 14.8 Å². The van der Waals surface area contributed by atoms with Gasteiger partial charge >= 0.3 is 5.97 Å². The Balaban J connectivity index is 0.672. The summed E-state index contributed by atoms with van der Waals surface area (Å²) >= 11 is 1.44. The number of carboxylic acid groups (broad SMARTS) is 1. The monoisotopic (exact) mass is 984 g/mol. The molecule has 3 amide bonds. The number of ether oxygens (including phenoxy) is 1. The fraction of sp³-hybridized carbons (Fsp3) is 0.386. The van der Waals surface area contributed by atoms with E-state index in [-0.39, 0.29) is 29.5 Å². The third-order valence-electron chi connectivity index (χ3n) is 15.7. The van der Waals surface area contributed by atoms with E-state index < -0.39 is 11.9 Å². The molecule has 3 N–H and O–H groups in total. The molecule has 4 aromatic carbocycles. The van der Waals surface area contributed by atoms with Crippen LogP contribution in [0.25, 0.3) is 32.2 Å². The fourth-order valence-electron chi connectivity index (χ4n) is 11.8. The third kappa shape index (κ3) is 9.53. The number of benzene rings is 4. The lowest BCUT2D eigenvalue weighted by Crippen LogP contribution is -2.39. The van der Waals surface area contributed by atoms with Gasteiger partial charge in [-0.15, -0.1) is 0 Å². The van der Waals surface area contributed by atoms with Crippen LogP contribution in [0, 0.1) is 18.8 Å². The molecule has 1 saturated carbocycles. The number of aryl methyl sites for hydroxylation is 1. The smallest absolute Gasteiger partial charge is 0.355 e. The maximum absolute atomic E-state index is 13.7. The van der Waals surface area contributed by atoms with Crippen LogP contribution in [0.3, 0.4) is 0 Å². The highest BCUT2D eigenvalue weighted by molar-refractivity contribution is 7.22. The van der Waals surface area contributed by atoms with E-state index in [1.165, 1.54) is 36.3 Å². The number of carboxylic acids is 1. The molecule has 4 aliphatic rings. The number of pyridine rings is 1. The van der Waals surface area contributed by atoms with Crippen molar-refractivity contribution < 1.29 is 29.0 Å². The average molecular weight is 985 g/mol. The van der Waals surface area contributed by atoms with E-state index in [0.29, 0.717) is 66.3 Å². The van der Waals surface area contributed by atoms with Crippen LogP contribution in [-0.2, 0) is 29.6 Å². The van der Waals surface area contributed by atoms with Gasteiger partial charge in [-0.3, -0.25) is 29.7 Å². The van der Waals surface area contributed by atoms with Crippen molar-refractivity contribution in [3.63, 3.8) is 0 Å². The number of para-hydroxylation sites is 2. The Morgan fingerprint density at radius 2 is 1.58 bits per heavy atom. The lowest BCUT2D eigenvalue weighted by atomic mass is 9.82. The first-order chi connectivity index (χ1) is 35.0. The van der Waals surface area contributed by atoms with Gasteiger partial charge in [0.15, 0.2) is 10.8 Å². The van der Waals surface area contributed by atoms with Crippen LogP contribution >= 0.6 is 11.3 Å². The molecule has 11 rings (SSSR count). The maximum atomic E-state index is 13.7. The summed E-state index contributed by atoms with van der Waals surface area (Å²) in [4.78, 5) is 65.0. The molecule has 2 saturated heterocycles. The van der Waals surface area contributed by atoms with E-state index in [4.69, 9.17) is 14.8 Å². The molecule has 72 heavy (non-hydrogen) atoms. The van der Waals surface area contributed by atoms with Crippen molar-refractivity contribution >= 4 is 72.8 Å². The highest BCUT2D eigenvalue weighted by Crippen LogP contribution is 2.40. The molecule has 15 heteroatoms. The molecule has 3 aliphatic heterocycles. The Bertz CT molecular complexity index is 3190. The molecule has 3 aromatic heterocycles. The first kappa shape index (κ1) is 47.2. The zero-order chi connectivity index (χ0) is 49.5. The fourth-order valence-corrected chi connectivity index (χ4v) is 12.7. The van der Waals surface area contributed by atoms with E-state index in [2.05, 4.69) is 49.7 Å². The lowest BCUT2D eigenvalue weighted by molar-refractivity contribution is -0.134. The number of carbonyl (C=O) groups is 4. The minimum absolute atomic E-state index is 0.0177. The summed E-state index contributed by atoms with van der Waals surface area (Å²) in [7, 11) is 1.95. The number of aromatic nitrogens is 4. The van der Waals surface area contributed by atoms with E-state index in [1.54, 1.807) is 0 Å². The Morgan fingerprint density at radius 3 is 2.38 bits per heavy atom. The number of nitrogens with zero attached hydrogens (tertiary/aromatic N) is 6. The van der Waals surface area contributed by atoms with Crippen LogP contribution in [0.2, 0.25) is 0 Å². The van der Waals surface area contributed by atoms with Crippen LogP contribution in [-0.4, -0.2) is 74.3 Å². The van der Waals surface area contributed by atoms with Gasteiger partial charge in [0.05, 0.1) is 39.1 Å². The molecule has 1 aliphatic carbocycles. The van der Waals surface area contributed by atoms with Crippen LogP contribution in [0.5, 0.6) is 5.75 Å². The highest BCUT2D eigenvalue weighted by Gasteiger charge is 2.33. The van der Waals surface area contributed by atoms with E-state index in [0.717, 1.165) is 106 Å². The largest absolute Gasteiger partial charge is 0.490 e. The number of aromatic carboxylic acids is 1. The number of amides is 3. The molecule has 0 radical (unpaired) electrons. The highest BCUT2D eigenvalue weighted by atomic mass is 32.1. The third-order valence-corrected chi connectivity index (χ3v) is 16.7. The zero-order valence-corrected chi connectivity index (χ0v) is 41.7. The molecule has 0 bridgehead atoms. The van der Waals surface area contributed by atoms with Gasteiger partial charge in [-0.05, 0) is 135 Å². The Kier molecular flexibility index (Phi) is 13.2. The van der Waals surface area contributed by atoms with Crippen LogP contribution in [0.4, 0.5) is 16.6 Å². The van der Waals surface area contributed by atoms with Crippen molar-refractivity contribution in [1.82, 2.24) is 25.1 Å². The quantitative estimate of drug-likeness (QED) is 0.0939. The molecule has 1 unspecified atom stereocenters. The summed E-state index contributed by atoms with van der Waals surface area (Å²) in [5.41, 5.74) is 8.58. The van der Waals surface area contributed by atoms with Gasteiger partial charge < -0.3 is 19.6 Å². The molecule has 0 spiro atoms. The van der Waals surface area contributed by atoms with Gasteiger partial charge in [-0.2, -0.15) is 5.10 Å². The topological polar surface area (TPSA) is 172 Å².